The van der Waals surface area contributed by atoms with Crippen LogP contribution in [-0.4, -0.2) is 15.4 Å². The van der Waals surface area contributed by atoms with Gasteiger partial charge in [0, 0.05) is 27.7 Å². The van der Waals surface area contributed by atoms with Crippen LogP contribution in [0.2, 0.25) is 5.02 Å². The summed E-state index contributed by atoms with van der Waals surface area (Å²) in [6, 6.07) is 5.37. The van der Waals surface area contributed by atoms with Crippen molar-refractivity contribution in [2.45, 2.75) is 0 Å². The van der Waals surface area contributed by atoms with Gasteiger partial charge >= 0.3 is 0 Å². The maximum Gasteiger partial charge on any atom is 0.177 e. The van der Waals surface area contributed by atoms with Gasteiger partial charge in [-0.2, -0.15) is 0 Å². The zero-order chi connectivity index (χ0) is 10.1. The van der Waals surface area contributed by atoms with E-state index >= 15 is 0 Å². The van der Waals surface area contributed by atoms with Gasteiger partial charge in [-0.3, -0.25) is 0 Å². The van der Waals surface area contributed by atoms with Crippen molar-refractivity contribution in [1.29, 1.82) is 0 Å². The quantitative estimate of drug-likeness (QED) is 0.440. The first-order chi connectivity index (χ1) is 6.72. The lowest BCUT2D eigenvalue weighted by atomic mass is 10.2. The van der Waals surface area contributed by atoms with Gasteiger partial charge in [0.05, 0.1) is 0 Å². The highest BCUT2D eigenvalue weighted by Crippen LogP contribution is 2.23. The molecule has 0 atom stereocenters. The molecule has 0 saturated carbocycles. The molecule has 0 aliphatic carbocycles. The van der Waals surface area contributed by atoms with Crippen LogP contribution in [0.1, 0.15) is 5.56 Å². The second-order valence-electron chi connectivity index (χ2n) is 2.78. The van der Waals surface area contributed by atoms with Crippen molar-refractivity contribution in [2.75, 3.05) is 0 Å². The Labute approximate surface area is 89.9 Å². The third-order valence-corrected chi connectivity index (χ3v) is 2.47. The number of hydrogen-bond acceptors (Lipinski definition) is 2. The number of nitrogens with one attached hydrogen (secondary N) is 1. The minimum Gasteiger partial charge on any atom is -0.410 e. The minimum atomic E-state index is 0.0403. The molecule has 3 nitrogen and oxygen atoms in total. The highest BCUT2D eigenvalue weighted by Gasteiger charge is 2.08. The Balaban J connectivity index is 2.73. The van der Waals surface area contributed by atoms with Crippen molar-refractivity contribution in [3.05, 3.63) is 35.0 Å². The van der Waals surface area contributed by atoms with Gasteiger partial charge in [-0.1, -0.05) is 28.4 Å². The number of rotatable bonds is 1. The molecule has 5 heteroatoms. The van der Waals surface area contributed by atoms with Crippen molar-refractivity contribution in [3.8, 4) is 0 Å². The van der Waals surface area contributed by atoms with E-state index in [-0.39, 0.29) is 5.17 Å². The van der Waals surface area contributed by atoms with Crippen LogP contribution in [0.3, 0.4) is 0 Å². The molecule has 72 valence electrons. The highest BCUT2D eigenvalue weighted by molar-refractivity contribution is 6.70. The van der Waals surface area contributed by atoms with Crippen LogP contribution in [0.15, 0.2) is 29.6 Å². The molecule has 1 aromatic carbocycles. The fourth-order valence-corrected chi connectivity index (χ4v) is 1.65. The predicted molar refractivity (Wildman–Crippen MR) is 57.5 cm³/mol. The Hall–Kier alpha value is -1.19. The largest absolute Gasteiger partial charge is 0.410 e. The van der Waals surface area contributed by atoms with Crippen LogP contribution >= 0.6 is 23.2 Å². The van der Waals surface area contributed by atoms with Gasteiger partial charge in [-0.15, -0.1) is 0 Å². The number of fused-ring (bicyclic) bond motifs is 1. The van der Waals surface area contributed by atoms with Crippen LogP contribution in [0.25, 0.3) is 10.9 Å². The van der Waals surface area contributed by atoms with E-state index in [0.717, 1.165) is 10.9 Å². The fourth-order valence-electron chi connectivity index (χ4n) is 1.32. The molecule has 0 bridgehead atoms. The Morgan fingerprint density at radius 3 is 2.93 bits per heavy atom. The number of H-pyrrole nitrogens is 1. The van der Waals surface area contributed by atoms with Gasteiger partial charge < -0.3 is 10.2 Å². The zero-order valence-corrected chi connectivity index (χ0v) is 8.47. The number of nitrogens with zero attached hydrogens (tertiary/aromatic N) is 1. The van der Waals surface area contributed by atoms with Crippen molar-refractivity contribution in [3.63, 3.8) is 0 Å². The summed E-state index contributed by atoms with van der Waals surface area (Å²) in [5.74, 6) is 0. The average Bonchev–Trinajstić information content (AvgIpc) is 2.59. The van der Waals surface area contributed by atoms with Crippen LogP contribution in [0.5, 0.6) is 0 Å². The molecule has 0 aliphatic heterocycles. The normalized spacial score (nSPS) is 12.3. The van der Waals surface area contributed by atoms with Crippen LogP contribution < -0.4 is 0 Å². The molecular formula is C9H6Cl2N2O. The summed E-state index contributed by atoms with van der Waals surface area (Å²) in [6.45, 7) is 0. The third kappa shape index (κ3) is 1.45. The third-order valence-electron chi connectivity index (χ3n) is 1.95. The van der Waals surface area contributed by atoms with E-state index in [2.05, 4.69) is 10.1 Å². The molecule has 14 heavy (non-hydrogen) atoms. The number of halogens is 2. The molecule has 0 amide bonds. The molecule has 0 radical (unpaired) electrons. The first kappa shape index (κ1) is 9.37. The molecular weight excluding hydrogens is 223 g/mol. The summed E-state index contributed by atoms with van der Waals surface area (Å²) in [5, 5.41) is 13.0. The van der Waals surface area contributed by atoms with Crippen molar-refractivity contribution < 1.29 is 5.21 Å². The van der Waals surface area contributed by atoms with Gasteiger partial charge in [0.2, 0.25) is 0 Å². The maximum atomic E-state index is 8.54. The molecule has 2 aromatic rings. The van der Waals surface area contributed by atoms with Gasteiger partial charge in [0.25, 0.3) is 0 Å². The molecule has 0 spiro atoms. The molecule has 0 aliphatic rings. The van der Waals surface area contributed by atoms with E-state index in [1.165, 1.54) is 0 Å². The van der Waals surface area contributed by atoms with Gasteiger partial charge in [0.1, 0.15) is 0 Å². The average molecular weight is 229 g/mol. The van der Waals surface area contributed by atoms with E-state index < -0.39 is 0 Å². The summed E-state index contributed by atoms with van der Waals surface area (Å²) < 4.78 is 0. The number of hydrogen-bond donors (Lipinski definition) is 2. The van der Waals surface area contributed by atoms with E-state index in [9.17, 15) is 0 Å². The first-order valence-corrected chi connectivity index (χ1v) is 4.62. The number of aromatic amines is 1. The predicted octanol–water partition coefficient (Wildman–Crippen LogP) is 3.20. The van der Waals surface area contributed by atoms with Gasteiger partial charge in [0.15, 0.2) is 5.17 Å². The SMILES string of the molecule is O/N=C(/Cl)c1c[nH]c2ccc(Cl)cc12. The molecule has 1 heterocycles. The lowest BCUT2D eigenvalue weighted by Gasteiger charge is -1.94. The Bertz CT molecular complexity index is 504. The maximum absolute atomic E-state index is 8.54. The molecule has 0 fully saturated rings. The lowest BCUT2D eigenvalue weighted by molar-refractivity contribution is 0.321. The zero-order valence-electron chi connectivity index (χ0n) is 6.96. The van der Waals surface area contributed by atoms with Crippen LogP contribution in [0, 0.1) is 0 Å². The Morgan fingerprint density at radius 2 is 2.21 bits per heavy atom. The van der Waals surface area contributed by atoms with E-state index in [0.29, 0.717) is 10.6 Å². The molecule has 1 aromatic heterocycles. The highest BCUT2D eigenvalue weighted by atomic mass is 35.5. The summed E-state index contributed by atoms with van der Waals surface area (Å²) in [5.41, 5.74) is 1.53. The number of benzene rings is 1. The second kappa shape index (κ2) is 3.52. The van der Waals surface area contributed by atoms with Crippen molar-refractivity contribution >= 4 is 39.3 Å². The number of oxime groups is 1. The van der Waals surface area contributed by atoms with Gasteiger partial charge in [-0.05, 0) is 18.2 Å². The topological polar surface area (TPSA) is 48.4 Å². The van der Waals surface area contributed by atoms with Crippen molar-refractivity contribution in [2.24, 2.45) is 5.16 Å². The van der Waals surface area contributed by atoms with Crippen LogP contribution in [-0.2, 0) is 0 Å². The molecule has 0 unspecified atom stereocenters. The number of aromatic nitrogens is 1. The minimum absolute atomic E-state index is 0.0403. The van der Waals surface area contributed by atoms with E-state index in [1.54, 1.807) is 18.3 Å². The Kier molecular flexibility index (Phi) is 2.35. The summed E-state index contributed by atoms with van der Waals surface area (Å²) in [4.78, 5) is 3.00. The molecule has 0 saturated heterocycles. The van der Waals surface area contributed by atoms with Crippen molar-refractivity contribution in [1.82, 2.24) is 4.98 Å². The summed E-state index contributed by atoms with van der Waals surface area (Å²) in [7, 11) is 0. The van der Waals surface area contributed by atoms with Gasteiger partial charge in [-0.25, -0.2) is 0 Å². The Morgan fingerprint density at radius 1 is 1.43 bits per heavy atom. The van der Waals surface area contributed by atoms with E-state index in [1.807, 2.05) is 6.07 Å². The van der Waals surface area contributed by atoms with Crippen LogP contribution in [0.4, 0.5) is 0 Å². The second-order valence-corrected chi connectivity index (χ2v) is 3.58. The van der Waals surface area contributed by atoms with E-state index in [4.69, 9.17) is 28.4 Å². The monoisotopic (exact) mass is 228 g/mol. The molecule has 2 N–H and O–H groups in total. The lowest BCUT2D eigenvalue weighted by Crippen LogP contribution is -1.87. The molecule has 2 rings (SSSR count). The summed E-state index contributed by atoms with van der Waals surface area (Å²) >= 11 is 11.5. The fraction of sp³-hybridized carbons (Fsp3) is 0. The standard InChI is InChI=1S/C9H6Cl2N2O/c10-5-1-2-8-6(3-5)7(4-12-8)9(11)13-14/h1-4,12,14H/b13-9+. The summed E-state index contributed by atoms with van der Waals surface area (Å²) in [6.07, 6.45) is 1.67. The smallest absolute Gasteiger partial charge is 0.177 e. The first-order valence-electron chi connectivity index (χ1n) is 3.87.